The molecule has 1 spiro atoms. The first-order valence-corrected chi connectivity index (χ1v) is 10.2. The van der Waals surface area contributed by atoms with Crippen molar-refractivity contribution in [3.8, 4) is 17.0 Å². The topological polar surface area (TPSA) is 63.2 Å². The second-order valence-corrected chi connectivity index (χ2v) is 8.44. The zero-order chi connectivity index (χ0) is 18.1. The highest BCUT2D eigenvalue weighted by Gasteiger charge is 2.57. The third-order valence-corrected chi connectivity index (χ3v) is 6.46. The largest absolute Gasteiger partial charge is 0.494 e. The SMILES string of the molecule is CCOc1ccc(-c2nc(NC(=O)C3CC34CCNCC4)sc2C)cc1. The van der Waals surface area contributed by atoms with Crippen molar-refractivity contribution in [1.82, 2.24) is 10.3 Å². The fraction of sp³-hybridized carbons (Fsp3) is 0.500. The maximum absolute atomic E-state index is 12.6. The molecule has 1 unspecified atom stereocenters. The van der Waals surface area contributed by atoms with Crippen molar-refractivity contribution in [2.24, 2.45) is 11.3 Å². The molecule has 1 saturated heterocycles. The van der Waals surface area contributed by atoms with Crippen LogP contribution in [-0.2, 0) is 4.79 Å². The van der Waals surface area contributed by atoms with Crippen molar-refractivity contribution >= 4 is 22.4 Å². The fourth-order valence-corrected chi connectivity index (χ4v) is 4.82. The van der Waals surface area contributed by atoms with E-state index in [1.165, 1.54) is 0 Å². The Bertz CT molecular complexity index is 794. The van der Waals surface area contributed by atoms with E-state index in [0.717, 1.165) is 54.2 Å². The van der Waals surface area contributed by atoms with E-state index >= 15 is 0 Å². The summed E-state index contributed by atoms with van der Waals surface area (Å²) in [5.74, 6) is 1.15. The van der Waals surface area contributed by atoms with Crippen molar-refractivity contribution in [2.45, 2.75) is 33.1 Å². The van der Waals surface area contributed by atoms with Crippen molar-refractivity contribution in [2.75, 3.05) is 25.0 Å². The van der Waals surface area contributed by atoms with Gasteiger partial charge in [-0.1, -0.05) is 0 Å². The number of amides is 1. The number of thiazole rings is 1. The van der Waals surface area contributed by atoms with E-state index in [-0.39, 0.29) is 17.2 Å². The van der Waals surface area contributed by atoms with E-state index in [1.807, 2.05) is 38.1 Å². The number of nitrogens with one attached hydrogen (secondary N) is 2. The smallest absolute Gasteiger partial charge is 0.229 e. The first-order chi connectivity index (χ1) is 12.6. The van der Waals surface area contributed by atoms with Crippen LogP contribution >= 0.6 is 11.3 Å². The highest BCUT2D eigenvalue weighted by molar-refractivity contribution is 7.16. The number of hydrogen-bond donors (Lipinski definition) is 2. The number of anilines is 1. The number of hydrogen-bond acceptors (Lipinski definition) is 5. The van der Waals surface area contributed by atoms with Gasteiger partial charge in [-0.25, -0.2) is 4.98 Å². The summed E-state index contributed by atoms with van der Waals surface area (Å²) in [6.07, 6.45) is 3.25. The van der Waals surface area contributed by atoms with Crippen LogP contribution < -0.4 is 15.4 Å². The first kappa shape index (κ1) is 17.5. The van der Waals surface area contributed by atoms with Gasteiger partial charge in [-0.2, -0.15) is 0 Å². The summed E-state index contributed by atoms with van der Waals surface area (Å²) in [5.41, 5.74) is 2.23. The molecule has 1 aliphatic carbocycles. The van der Waals surface area contributed by atoms with Crippen LogP contribution in [0.4, 0.5) is 5.13 Å². The Balaban J connectivity index is 1.44. The number of carbonyl (C=O) groups is 1. The predicted octanol–water partition coefficient (Wildman–Crippen LogP) is 3.85. The molecule has 138 valence electrons. The Morgan fingerprint density at radius 3 is 2.77 bits per heavy atom. The maximum Gasteiger partial charge on any atom is 0.229 e. The molecule has 1 saturated carbocycles. The number of ether oxygens (including phenoxy) is 1. The molecule has 26 heavy (non-hydrogen) atoms. The van der Waals surface area contributed by atoms with Gasteiger partial charge >= 0.3 is 0 Å². The van der Waals surface area contributed by atoms with Gasteiger partial charge in [-0.05, 0) is 75.9 Å². The van der Waals surface area contributed by atoms with Crippen LogP contribution in [0.1, 0.15) is 31.1 Å². The zero-order valence-electron chi connectivity index (χ0n) is 15.3. The van der Waals surface area contributed by atoms with Gasteiger partial charge in [0, 0.05) is 16.4 Å². The van der Waals surface area contributed by atoms with Crippen molar-refractivity contribution < 1.29 is 9.53 Å². The molecular formula is C20H25N3O2S. The van der Waals surface area contributed by atoms with Gasteiger partial charge < -0.3 is 15.4 Å². The molecule has 0 bridgehead atoms. The predicted molar refractivity (Wildman–Crippen MR) is 105 cm³/mol. The number of piperidine rings is 1. The third-order valence-electron chi connectivity index (χ3n) is 5.57. The molecule has 2 heterocycles. The average molecular weight is 372 g/mol. The second kappa shape index (κ2) is 7.00. The Morgan fingerprint density at radius 2 is 2.08 bits per heavy atom. The van der Waals surface area contributed by atoms with E-state index in [2.05, 4.69) is 15.6 Å². The van der Waals surface area contributed by atoms with E-state index in [4.69, 9.17) is 4.74 Å². The number of aryl methyl sites for hydroxylation is 1. The lowest BCUT2D eigenvalue weighted by Gasteiger charge is -2.22. The highest BCUT2D eigenvalue weighted by atomic mass is 32.1. The molecule has 5 nitrogen and oxygen atoms in total. The minimum atomic E-state index is 0.138. The maximum atomic E-state index is 12.6. The lowest BCUT2D eigenvalue weighted by molar-refractivity contribution is -0.118. The van der Waals surface area contributed by atoms with Crippen LogP contribution in [0.2, 0.25) is 0 Å². The number of nitrogens with zero attached hydrogens (tertiary/aromatic N) is 1. The molecule has 2 fully saturated rings. The number of rotatable bonds is 5. The van der Waals surface area contributed by atoms with E-state index in [9.17, 15) is 4.79 Å². The highest BCUT2D eigenvalue weighted by Crippen LogP contribution is 2.58. The van der Waals surface area contributed by atoms with Gasteiger partial charge in [0.1, 0.15) is 5.75 Å². The number of benzene rings is 1. The molecule has 6 heteroatoms. The van der Waals surface area contributed by atoms with E-state index < -0.39 is 0 Å². The molecule has 1 aromatic carbocycles. The standard InChI is InChI=1S/C20H25N3O2S/c1-3-25-15-6-4-14(5-7-15)17-13(2)26-19(22-17)23-18(24)16-12-20(16)8-10-21-11-9-20/h4-7,16,21H,3,8-12H2,1-2H3,(H,22,23,24). The van der Waals surface area contributed by atoms with Gasteiger partial charge in [0.2, 0.25) is 5.91 Å². The molecular weight excluding hydrogens is 346 g/mol. The number of carbonyl (C=O) groups excluding carboxylic acids is 1. The lowest BCUT2D eigenvalue weighted by atomic mass is 9.92. The molecule has 2 aliphatic rings. The summed E-state index contributed by atoms with van der Waals surface area (Å²) in [5, 5.41) is 7.14. The van der Waals surface area contributed by atoms with Gasteiger partial charge in [-0.15, -0.1) is 11.3 Å². The van der Waals surface area contributed by atoms with Crippen molar-refractivity contribution in [1.29, 1.82) is 0 Å². The van der Waals surface area contributed by atoms with Crippen LogP contribution in [0.25, 0.3) is 11.3 Å². The third kappa shape index (κ3) is 3.35. The van der Waals surface area contributed by atoms with Crippen LogP contribution in [0.15, 0.2) is 24.3 Å². The average Bonchev–Trinajstić information content (AvgIpc) is 3.21. The molecule has 1 amide bonds. The van der Waals surface area contributed by atoms with Crippen molar-refractivity contribution in [3.63, 3.8) is 0 Å². The molecule has 2 aromatic rings. The molecule has 0 radical (unpaired) electrons. The molecule has 4 rings (SSSR count). The Labute approximate surface area is 158 Å². The Hall–Kier alpha value is -1.92. The van der Waals surface area contributed by atoms with Gasteiger partial charge in [0.15, 0.2) is 5.13 Å². The second-order valence-electron chi connectivity index (χ2n) is 7.24. The summed E-state index contributed by atoms with van der Waals surface area (Å²) in [7, 11) is 0. The quantitative estimate of drug-likeness (QED) is 0.838. The van der Waals surface area contributed by atoms with Crippen LogP contribution in [-0.4, -0.2) is 30.6 Å². The number of aromatic nitrogens is 1. The molecule has 1 atom stereocenters. The normalized spacial score (nSPS) is 20.8. The monoisotopic (exact) mass is 371 g/mol. The van der Waals surface area contributed by atoms with Gasteiger partial charge in [-0.3, -0.25) is 4.79 Å². The molecule has 1 aromatic heterocycles. The summed E-state index contributed by atoms with van der Waals surface area (Å²) in [6.45, 7) is 6.74. The van der Waals surface area contributed by atoms with E-state index in [0.29, 0.717) is 11.7 Å². The Kier molecular flexibility index (Phi) is 4.71. The summed E-state index contributed by atoms with van der Waals surface area (Å²) in [4.78, 5) is 18.4. The van der Waals surface area contributed by atoms with E-state index in [1.54, 1.807) is 11.3 Å². The lowest BCUT2D eigenvalue weighted by Crippen LogP contribution is -2.31. The van der Waals surface area contributed by atoms with Crippen LogP contribution in [0.3, 0.4) is 0 Å². The summed E-state index contributed by atoms with van der Waals surface area (Å²) >= 11 is 1.55. The molecule has 2 N–H and O–H groups in total. The zero-order valence-corrected chi connectivity index (χ0v) is 16.1. The Morgan fingerprint density at radius 1 is 1.35 bits per heavy atom. The minimum Gasteiger partial charge on any atom is -0.494 e. The fourth-order valence-electron chi connectivity index (χ4n) is 3.98. The summed E-state index contributed by atoms with van der Waals surface area (Å²) in [6, 6.07) is 7.95. The van der Waals surface area contributed by atoms with Crippen LogP contribution in [0, 0.1) is 18.3 Å². The first-order valence-electron chi connectivity index (χ1n) is 9.33. The van der Waals surface area contributed by atoms with Gasteiger partial charge in [0.25, 0.3) is 0 Å². The minimum absolute atomic E-state index is 0.138. The van der Waals surface area contributed by atoms with Gasteiger partial charge in [0.05, 0.1) is 12.3 Å². The summed E-state index contributed by atoms with van der Waals surface area (Å²) < 4.78 is 5.49. The van der Waals surface area contributed by atoms with Crippen molar-refractivity contribution in [3.05, 3.63) is 29.1 Å². The van der Waals surface area contributed by atoms with Crippen LogP contribution in [0.5, 0.6) is 5.75 Å². The molecule has 1 aliphatic heterocycles.